The van der Waals surface area contributed by atoms with Gasteiger partial charge in [0.25, 0.3) is 0 Å². The number of hydrogen-bond acceptors (Lipinski definition) is 5. The second kappa shape index (κ2) is 9.21. The van der Waals surface area contributed by atoms with Crippen LogP contribution in [-0.2, 0) is 11.3 Å². The Morgan fingerprint density at radius 2 is 1.73 bits per heavy atom. The number of tetrazole rings is 1. The van der Waals surface area contributed by atoms with Gasteiger partial charge in [0, 0.05) is 49.2 Å². The molecule has 156 valence electrons. The Morgan fingerprint density at radius 1 is 1.03 bits per heavy atom. The molecule has 2 heterocycles. The number of carbonyl (C=O) groups is 1. The Hall–Kier alpha value is -3.00. The summed E-state index contributed by atoms with van der Waals surface area (Å²) in [7, 11) is 0. The van der Waals surface area contributed by atoms with E-state index in [9.17, 15) is 9.18 Å². The smallest absolute Gasteiger partial charge is 0.223 e. The molecule has 0 spiro atoms. The first-order valence-corrected chi connectivity index (χ1v) is 10.2. The lowest BCUT2D eigenvalue weighted by atomic mass is 9.95. The molecule has 4 rings (SSSR count). The number of halogens is 2. The molecule has 0 saturated carbocycles. The summed E-state index contributed by atoms with van der Waals surface area (Å²) < 4.78 is 14.8. The highest BCUT2D eigenvalue weighted by Crippen LogP contribution is 2.25. The van der Waals surface area contributed by atoms with Crippen LogP contribution in [0.3, 0.4) is 0 Å². The van der Waals surface area contributed by atoms with Gasteiger partial charge in [0.15, 0.2) is 0 Å². The molecule has 1 atom stereocenters. The predicted octanol–water partition coefficient (Wildman–Crippen LogP) is 2.99. The quantitative estimate of drug-likeness (QED) is 0.603. The SMILES string of the molecule is O=C(C[C@@H](Cn1cnnn1)c1ccc(Cl)cc1)N1CCN(c2ccc(F)cc2)CC1. The van der Waals surface area contributed by atoms with Crippen LogP contribution in [0.2, 0.25) is 5.02 Å². The van der Waals surface area contributed by atoms with Crippen molar-refractivity contribution in [3.63, 3.8) is 0 Å². The van der Waals surface area contributed by atoms with Crippen molar-refractivity contribution in [2.45, 2.75) is 18.9 Å². The summed E-state index contributed by atoms with van der Waals surface area (Å²) in [5.74, 6) is -0.210. The van der Waals surface area contributed by atoms with E-state index in [-0.39, 0.29) is 17.6 Å². The van der Waals surface area contributed by atoms with E-state index in [0.717, 1.165) is 24.3 Å². The van der Waals surface area contributed by atoms with Crippen LogP contribution < -0.4 is 4.90 Å². The summed E-state index contributed by atoms with van der Waals surface area (Å²) in [5, 5.41) is 12.0. The van der Waals surface area contributed by atoms with Gasteiger partial charge in [-0.2, -0.15) is 0 Å². The molecule has 1 aliphatic heterocycles. The Kier molecular flexibility index (Phi) is 6.23. The summed E-state index contributed by atoms with van der Waals surface area (Å²) in [6.07, 6.45) is 1.91. The number of piperazine rings is 1. The zero-order valence-corrected chi connectivity index (χ0v) is 17.1. The Labute approximate surface area is 179 Å². The molecule has 0 unspecified atom stereocenters. The third-order valence-electron chi connectivity index (χ3n) is 5.39. The van der Waals surface area contributed by atoms with Crippen molar-refractivity contribution in [1.82, 2.24) is 25.1 Å². The molecule has 2 aromatic carbocycles. The molecule has 30 heavy (non-hydrogen) atoms. The van der Waals surface area contributed by atoms with E-state index in [4.69, 9.17) is 11.6 Å². The minimum Gasteiger partial charge on any atom is -0.368 e. The van der Waals surface area contributed by atoms with Crippen LogP contribution in [-0.4, -0.2) is 57.2 Å². The molecule has 1 fully saturated rings. The molecule has 1 amide bonds. The zero-order chi connectivity index (χ0) is 20.9. The summed E-state index contributed by atoms with van der Waals surface area (Å²) in [5.41, 5.74) is 1.99. The number of aromatic nitrogens is 4. The molecule has 0 radical (unpaired) electrons. The molecular formula is C21H22ClFN6O. The summed E-state index contributed by atoms with van der Waals surface area (Å²) in [4.78, 5) is 17.1. The van der Waals surface area contributed by atoms with E-state index in [1.807, 2.05) is 29.2 Å². The van der Waals surface area contributed by atoms with Gasteiger partial charge >= 0.3 is 0 Å². The minimum absolute atomic E-state index is 0.0617. The average Bonchev–Trinajstić information content (AvgIpc) is 3.28. The molecule has 1 saturated heterocycles. The number of hydrogen-bond donors (Lipinski definition) is 0. The molecule has 1 aromatic heterocycles. The van der Waals surface area contributed by atoms with Crippen molar-refractivity contribution in [2.24, 2.45) is 0 Å². The third-order valence-corrected chi connectivity index (χ3v) is 5.64. The Morgan fingerprint density at radius 3 is 2.37 bits per heavy atom. The largest absolute Gasteiger partial charge is 0.368 e. The Balaban J connectivity index is 1.40. The fourth-order valence-corrected chi connectivity index (χ4v) is 3.84. The van der Waals surface area contributed by atoms with Crippen LogP contribution in [0.15, 0.2) is 54.9 Å². The molecule has 1 aliphatic rings. The Bertz CT molecular complexity index is 956. The van der Waals surface area contributed by atoms with Crippen molar-refractivity contribution >= 4 is 23.2 Å². The molecular weight excluding hydrogens is 407 g/mol. The fourth-order valence-electron chi connectivity index (χ4n) is 3.72. The van der Waals surface area contributed by atoms with Crippen LogP contribution in [0, 0.1) is 5.82 Å². The fraction of sp³-hybridized carbons (Fsp3) is 0.333. The van der Waals surface area contributed by atoms with Gasteiger partial charge in [0.2, 0.25) is 5.91 Å². The second-order valence-corrected chi connectivity index (χ2v) is 7.77. The van der Waals surface area contributed by atoms with Crippen LogP contribution in [0.4, 0.5) is 10.1 Å². The zero-order valence-electron chi connectivity index (χ0n) is 16.4. The molecule has 9 heteroatoms. The normalized spacial score (nSPS) is 15.3. The van der Waals surface area contributed by atoms with Crippen LogP contribution in [0.5, 0.6) is 0 Å². The number of carbonyl (C=O) groups excluding carboxylic acids is 1. The topological polar surface area (TPSA) is 67.2 Å². The average molecular weight is 429 g/mol. The molecule has 0 aliphatic carbocycles. The summed E-state index contributed by atoms with van der Waals surface area (Å²) >= 11 is 6.02. The van der Waals surface area contributed by atoms with Gasteiger partial charge in [-0.25, -0.2) is 9.07 Å². The number of anilines is 1. The molecule has 0 bridgehead atoms. The maximum atomic E-state index is 13.1. The van der Waals surface area contributed by atoms with Crippen molar-refractivity contribution in [3.8, 4) is 0 Å². The van der Waals surface area contributed by atoms with E-state index in [0.29, 0.717) is 31.1 Å². The van der Waals surface area contributed by atoms with Gasteiger partial charge in [-0.05, 0) is 52.4 Å². The van der Waals surface area contributed by atoms with Crippen LogP contribution >= 0.6 is 11.6 Å². The van der Waals surface area contributed by atoms with Crippen LogP contribution in [0.25, 0.3) is 0 Å². The second-order valence-electron chi connectivity index (χ2n) is 7.33. The van der Waals surface area contributed by atoms with Gasteiger partial charge in [-0.3, -0.25) is 4.79 Å². The highest BCUT2D eigenvalue weighted by atomic mass is 35.5. The number of rotatable bonds is 6. The van der Waals surface area contributed by atoms with Gasteiger partial charge in [-0.15, -0.1) is 5.10 Å². The summed E-state index contributed by atoms with van der Waals surface area (Å²) in [6.45, 7) is 3.21. The minimum atomic E-state index is -0.247. The predicted molar refractivity (Wildman–Crippen MR) is 112 cm³/mol. The van der Waals surface area contributed by atoms with Crippen LogP contribution in [0.1, 0.15) is 17.9 Å². The summed E-state index contributed by atoms with van der Waals surface area (Å²) in [6, 6.07) is 14.0. The first-order chi connectivity index (χ1) is 14.6. The molecule has 0 N–H and O–H groups in total. The van der Waals surface area contributed by atoms with E-state index in [1.165, 1.54) is 12.1 Å². The van der Waals surface area contributed by atoms with Crippen molar-refractivity contribution < 1.29 is 9.18 Å². The lowest BCUT2D eigenvalue weighted by Gasteiger charge is -2.36. The standard InChI is InChI=1S/C21H22ClFN6O/c22-18-3-1-16(2-4-18)17(14-29-15-24-25-26-29)13-21(30)28-11-9-27(10-12-28)20-7-5-19(23)6-8-20/h1-8,15,17H,9-14H2/t17-/m0/s1. The van der Waals surface area contributed by atoms with Crippen molar-refractivity contribution in [1.29, 1.82) is 0 Å². The van der Waals surface area contributed by atoms with Crippen molar-refractivity contribution in [3.05, 3.63) is 71.3 Å². The van der Waals surface area contributed by atoms with Gasteiger partial charge in [0.1, 0.15) is 12.1 Å². The third kappa shape index (κ3) is 4.94. The monoisotopic (exact) mass is 428 g/mol. The first kappa shape index (κ1) is 20.3. The van der Waals surface area contributed by atoms with E-state index in [1.54, 1.807) is 23.1 Å². The highest BCUT2D eigenvalue weighted by molar-refractivity contribution is 6.30. The lowest BCUT2D eigenvalue weighted by molar-refractivity contribution is -0.132. The highest BCUT2D eigenvalue weighted by Gasteiger charge is 2.25. The number of amides is 1. The first-order valence-electron chi connectivity index (χ1n) is 9.83. The van der Waals surface area contributed by atoms with Crippen molar-refractivity contribution in [2.75, 3.05) is 31.1 Å². The van der Waals surface area contributed by atoms with E-state index < -0.39 is 0 Å². The van der Waals surface area contributed by atoms with Gasteiger partial charge < -0.3 is 9.80 Å². The van der Waals surface area contributed by atoms with E-state index in [2.05, 4.69) is 20.4 Å². The van der Waals surface area contributed by atoms with E-state index >= 15 is 0 Å². The van der Waals surface area contributed by atoms with Gasteiger partial charge in [0.05, 0.1) is 6.54 Å². The maximum Gasteiger partial charge on any atom is 0.223 e. The number of benzene rings is 2. The molecule has 3 aromatic rings. The molecule has 7 nitrogen and oxygen atoms in total. The lowest BCUT2D eigenvalue weighted by Crippen LogP contribution is -2.49. The maximum absolute atomic E-state index is 13.1. The van der Waals surface area contributed by atoms with Gasteiger partial charge in [-0.1, -0.05) is 23.7 Å². The number of nitrogens with zero attached hydrogens (tertiary/aromatic N) is 6.